The van der Waals surface area contributed by atoms with Gasteiger partial charge < -0.3 is 4.74 Å². The Balaban J connectivity index is 1.59. The molecule has 0 atom stereocenters. The standard InChI is InChI=1S/C17H21NO3/c1-12-7-8-14-15(11-12)17(20)18(16(14)19)9-10-21-13-5-3-2-4-6-13/h7-8,11,13H,2-6,9-10H2,1H3. The van der Waals surface area contributed by atoms with Crippen LogP contribution in [0.3, 0.4) is 0 Å². The summed E-state index contributed by atoms with van der Waals surface area (Å²) in [6.07, 6.45) is 6.23. The second-order valence-electron chi connectivity index (χ2n) is 5.94. The molecule has 4 nitrogen and oxygen atoms in total. The number of ether oxygens (including phenoxy) is 1. The molecular formula is C17H21NO3. The Hall–Kier alpha value is -1.68. The van der Waals surface area contributed by atoms with Crippen LogP contribution in [0.2, 0.25) is 0 Å². The molecule has 1 heterocycles. The molecule has 0 aromatic heterocycles. The number of nitrogens with zero attached hydrogens (tertiary/aromatic N) is 1. The van der Waals surface area contributed by atoms with Gasteiger partial charge in [-0.15, -0.1) is 0 Å². The van der Waals surface area contributed by atoms with Gasteiger partial charge in [0, 0.05) is 0 Å². The van der Waals surface area contributed by atoms with Gasteiger partial charge in [0.1, 0.15) is 0 Å². The van der Waals surface area contributed by atoms with Crippen LogP contribution < -0.4 is 0 Å². The highest BCUT2D eigenvalue weighted by Gasteiger charge is 2.35. The van der Waals surface area contributed by atoms with Gasteiger partial charge in [-0.05, 0) is 31.9 Å². The van der Waals surface area contributed by atoms with Crippen molar-refractivity contribution in [3.63, 3.8) is 0 Å². The maximum absolute atomic E-state index is 12.3. The number of hydrogen-bond donors (Lipinski definition) is 0. The van der Waals surface area contributed by atoms with E-state index >= 15 is 0 Å². The fourth-order valence-electron chi connectivity index (χ4n) is 3.15. The summed E-state index contributed by atoms with van der Waals surface area (Å²) < 4.78 is 5.82. The normalized spacial score (nSPS) is 19.2. The Labute approximate surface area is 125 Å². The number of carbonyl (C=O) groups is 2. The first-order chi connectivity index (χ1) is 10.2. The van der Waals surface area contributed by atoms with E-state index in [2.05, 4.69) is 0 Å². The molecule has 4 heteroatoms. The number of aryl methyl sites for hydroxylation is 1. The Bertz CT molecular complexity index is 561. The zero-order valence-corrected chi connectivity index (χ0v) is 12.4. The Morgan fingerprint density at radius 2 is 1.81 bits per heavy atom. The molecule has 21 heavy (non-hydrogen) atoms. The summed E-state index contributed by atoms with van der Waals surface area (Å²) in [5, 5.41) is 0. The molecule has 0 radical (unpaired) electrons. The van der Waals surface area contributed by atoms with Gasteiger partial charge in [0.15, 0.2) is 0 Å². The molecule has 1 aliphatic heterocycles. The van der Waals surface area contributed by atoms with Crippen molar-refractivity contribution in [2.75, 3.05) is 13.2 Å². The van der Waals surface area contributed by atoms with Gasteiger partial charge in [0.05, 0.1) is 30.4 Å². The van der Waals surface area contributed by atoms with Crippen LogP contribution in [-0.2, 0) is 4.74 Å². The average Bonchev–Trinajstić information content (AvgIpc) is 2.73. The molecule has 0 spiro atoms. The summed E-state index contributed by atoms with van der Waals surface area (Å²) in [5.41, 5.74) is 2.04. The van der Waals surface area contributed by atoms with Crippen molar-refractivity contribution in [1.29, 1.82) is 0 Å². The Morgan fingerprint density at radius 1 is 1.10 bits per heavy atom. The van der Waals surface area contributed by atoms with Crippen LogP contribution in [-0.4, -0.2) is 36.0 Å². The molecule has 2 amide bonds. The number of benzene rings is 1. The fraction of sp³-hybridized carbons (Fsp3) is 0.529. The highest BCUT2D eigenvalue weighted by molar-refractivity contribution is 6.21. The summed E-state index contributed by atoms with van der Waals surface area (Å²) in [5.74, 6) is -0.381. The van der Waals surface area contributed by atoms with Crippen LogP contribution in [0.15, 0.2) is 18.2 Å². The van der Waals surface area contributed by atoms with E-state index in [0.29, 0.717) is 30.4 Å². The summed E-state index contributed by atoms with van der Waals surface area (Å²) in [6, 6.07) is 5.40. The number of fused-ring (bicyclic) bond motifs is 1. The minimum absolute atomic E-state index is 0.189. The first-order valence-corrected chi connectivity index (χ1v) is 7.75. The first kappa shape index (κ1) is 14.3. The number of imide groups is 1. The maximum Gasteiger partial charge on any atom is 0.261 e. The van der Waals surface area contributed by atoms with Gasteiger partial charge in [0.25, 0.3) is 11.8 Å². The molecule has 1 fully saturated rings. The monoisotopic (exact) mass is 287 g/mol. The van der Waals surface area contributed by atoms with E-state index in [1.54, 1.807) is 12.1 Å². The van der Waals surface area contributed by atoms with Crippen molar-refractivity contribution in [1.82, 2.24) is 4.90 Å². The van der Waals surface area contributed by atoms with Crippen LogP contribution in [0.4, 0.5) is 0 Å². The van der Waals surface area contributed by atoms with Crippen LogP contribution in [0, 0.1) is 6.92 Å². The van der Waals surface area contributed by atoms with Crippen molar-refractivity contribution in [3.8, 4) is 0 Å². The second kappa shape index (κ2) is 5.98. The highest BCUT2D eigenvalue weighted by atomic mass is 16.5. The van der Waals surface area contributed by atoms with Gasteiger partial charge >= 0.3 is 0 Å². The molecule has 0 N–H and O–H groups in total. The predicted molar refractivity (Wildman–Crippen MR) is 79.4 cm³/mol. The van der Waals surface area contributed by atoms with E-state index in [9.17, 15) is 9.59 Å². The van der Waals surface area contributed by atoms with Crippen molar-refractivity contribution < 1.29 is 14.3 Å². The third-order valence-electron chi connectivity index (χ3n) is 4.35. The van der Waals surface area contributed by atoms with Crippen LogP contribution in [0.5, 0.6) is 0 Å². The molecule has 3 rings (SSSR count). The smallest absolute Gasteiger partial charge is 0.261 e. The maximum atomic E-state index is 12.3. The van der Waals surface area contributed by atoms with Crippen molar-refractivity contribution in [2.45, 2.75) is 45.1 Å². The lowest BCUT2D eigenvalue weighted by Crippen LogP contribution is -2.34. The van der Waals surface area contributed by atoms with Gasteiger partial charge in [-0.1, -0.05) is 30.9 Å². The van der Waals surface area contributed by atoms with E-state index in [0.717, 1.165) is 18.4 Å². The SMILES string of the molecule is Cc1ccc2c(c1)C(=O)N(CCOC1CCCCC1)C2=O. The van der Waals surface area contributed by atoms with Crippen LogP contribution >= 0.6 is 0 Å². The number of carbonyl (C=O) groups excluding carboxylic acids is 2. The molecule has 1 aromatic carbocycles. The predicted octanol–water partition coefficient (Wildman–Crippen LogP) is 2.94. The van der Waals surface area contributed by atoms with E-state index in [1.165, 1.54) is 24.2 Å². The van der Waals surface area contributed by atoms with Crippen LogP contribution in [0.25, 0.3) is 0 Å². The van der Waals surface area contributed by atoms with Crippen molar-refractivity contribution in [3.05, 3.63) is 34.9 Å². The molecule has 2 aliphatic rings. The van der Waals surface area contributed by atoms with E-state index in [-0.39, 0.29) is 11.8 Å². The molecule has 1 saturated carbocycles. The van der Waals surface area contributed by atoms with E-state index in [1.807, 2.05) is 13.0 Å². The van der Waals surface area contributed by atoms with Crippen LogP contribution in [0.1, 0.15) is 58.4 Å². The lowest BCUT2D eigenvalue weighted by Gasteiger charge is -2.23. The molecule has 0 unspecified atom stereocenters. The first-order valence-electron chi connectivity index (χ1n) is 7.75. The zero-order valence-electron chi connectivity index (χ0n) is 12.4. The summed E-state index contributed by atoms with van der Waals surface area (Å²) in [7, 11) is 0. The number of rotatable bonds is 4. The minimum atomic E-state index is -0.192. The fourth-order valence-corrected chi connectivity index (χ4v) is 3.15. The summed E-state index contributed by atoms with van der Waals surface area (Å²) in [4.78, 5) is 25.9. The molecule has 112 valence electrons. The largest absolute Gasteiger partial charge is 0.376 e. The Kier molecular flexibility index (Phi) is 4.06. The minimum Gasteiger partial charge on any atom is -0.376 e. The molecular weight excluding hydrogens is 266 g/mol. The molecule has 1 aliphatic carbocycles. The highest BCUT2D eigenvalue weighted by Crippen LogP contribution is 2.24. The third-order valence-corrected chi connectivity index (χ3v) is 4.35. The van der Waals surface area contributed by atoms with E-state index < -0.39 is 0 Å². The zero-order chi connectivity index (χ0) is 14.8. The molecule has 1 aromatic rings. The second-order valence-corrected chi connectivity index (χ2v) is 5.94. The summed E-state index contributed by atoms with van der Waals surface area (Å²) >= 11 is 0. The number of amides is 2. The third kappa shape index (κ3) is 2.86. The van der Waals surface area contributed by atoms with Gasteiger partial charge in [-0.25, -0.2) is 0 Å². The van der Waals surface area contributed by atoms with Gasteiger partial charge in [-0.3, -0.25) is 14.5 Å². The quantitative estimate of drug-likeness (QED) is 0.800. The lowest BCUT2D eigenvalue weighted by molar-refractivity contribution is 0.0168. The van der Waals surface area contributed by atoms with E-state index in [4.69, 9.17) is 4.74 Å². The topological polar surface area (TPSA) is 46.6 Å². The molecule has 0 saturated heterocycles. The Morgan fingerprint density at radius 3 is 2.57 bits per heavy atom. The van der Waals surface area contributed by atoms with Crippen molar-refractivity contribution in [2.24, 2.45) is 0 Å². The molecule has 0 bridgehead atoms. The van der Waals surface area contributed by atoms with Gasteiger partial charge in [0.2, 0.25) is 0 Å². The van der Waals surface area contributed by atoms with Gasteiger partial charge in [-0.2, -0.15) is 0 Å². The summed E-state index contributed by atoms with van der Waals surface area (Å²) in [6.45, 7) is 2.71. The lowest BCUT2D eigenvalue weighted by atomic mass is 9.98. The average molecular weight is 287 g/mol. The van der Waals surface area contributed by atoms with Crippen molar-refractivity contribution >= 4 is 11.8 Å². The number of hydrogen-bond acceptors (Lipinski definition) is 3.